The maximum Gasteiger partial charge on any atom is 0.224 e. The molecule has 1 aromatic heterocycles. The van der Waals surface area contributed by atoms with E-state index in [1.807, 2.05) is 24.4 Å². The molecule has 1 aliphatic rings. The van der Waals surface area contributed by atoms with E-state index >= 15 is 0 Å². The van der Waals surface area contributed by atoms with Gasteiger partial charge in [0.05, 0.1) is 0 Å². The average Bonchev–Trinajstić information content (AvgIpc) is 2.63. The third-order valence-electron chi connectivity index (χ3n) is 4.64. The van der Waals surface area contributed by atoms with E-state index < -0.39 is 0 Å². The standard InChI is InChI=1S/C19H25ClN4/c1-2-17-5-3-4-14-24(17)18-11-13-22-19(23-18)21-12-10-15-6-8-16(20)9-7-15/h6-9,11,13,17H,2-5,10,12,14H2,1H3,(H,21,22,23). The lowest BCUT2D eigenvalue weighted by Gasteiger charge is -2.36. The molecule has 1 aromatic carbocycles. The van der Waals surface area contributed by atoms with Gasteiger partial charge in [-0.2, -0.15) is 4.98 Å². The SMILES string of the molecule is CCC1CCCCN1c1ccnc(NCCc2ccc(Cl)cc2)n1. The number of rotatable bonds is 6. The van der Waals surface area contributed by atoms with Crippen LogP contribution in [0.1, 0.15) is 38.2 Å². The number of aromatic nitrogens is 2. The van der Waals surface area contributed by atoms with Gasteiger partial charge in [0, 0.05) is 30.4 Å². The first-order valence-corrected chi connectivity index (χ1v) is 9.22. The molecule has 0 bridgehead atoms. The quantitative estimate of drug-likeness (QED) is 0.834. The zero-order chi connectivity index (χ0) is 16.8. The van der Waals surface area contributed by atoms with Gasteiger partial charge in [0.2, 0.25) is 5.95 Å². The van der Waals surface area contributed by atoms with Crippen LogP contribution in [0.2, 0.25) is 5.02 Å². The number of piperidine rings is 1. The predicted octanol–water partition coefficient (Wildman–Crippen LogP) is 4.55. The molecular weight excluding hydrogens is 320 g/mol. The van der Waals surface area contributed by atoms with Crippen molar-refractivity contribution in [3.05, 3.63) is 47.1 Å². The van der Waals surface area contributed by atoms with Gasteiger partial charge in [0.15, 0.2) is 0 Å². The summed E-state index contributed by atoms with van der Waals surface area (Å²) in [6.45, 7) is 4.16. The third-order valence-corrected chi connectivity index (χ3v) is 4.90. The van der Waals surface area contributed by atoms with E-state index in [1.54, 1.807) is 0 Å². The fourth-order valence-electron chi connectivity index (χ4n) is 3.29. The molecule has 5 heteroatoms. The van der Waals surface area contributed by atoms with E-state index in [2.05, 4.69) is 34.3 Å². The van der Waals surface area contributed by atoms with Crippen molar-refractivity contribution >= 4 is 23.4 Å². The van der Waals surface area contributed by atoms with Crippen molar-refractivity contribution < 1.29 is 0 Å². The predicted molar refractivity (Wildman–Crippen MR) is 101 cm³/mol. The first kappa shape index (κ1) is 17.0. The minimum atomic E-state index is 0.607. The Morgan fingerprint density at radius 3 is 2.83 bits per heavy atom. The van der Waals surface area contributed by atoms with Crippen LogP contribution in [-0.2, 0) is 6.42 Å². The second-order valence-electron chi connectivity index (χ2n) is 6.29. The summed E-state index contributed by atoms with van der Waals surface area (Å²) in [6, 6.07) is 10.6. The van der Waals surface area contributed by atoms with Crippen LogP contribution in [0.25, 0.3) is 0 Å². The lowest BCUT2D eigenvalue weighted by Crippen LogP contribution is -2.39. The molecule has 0 spiro atoms. The molecule has 24 heavy (non-hydrogen) atoms. The van der Waals surface area contributed by atoms with E-state index in [9.17, 15) is 0 Å². The maximum absolute atomic E-state index is 5.92. The van der Waals surface area contributed by atoms with Gasteiger partial charge in [0.1, 0.15) is 5.82 Å². The molecule has 1 fully saturated rings. The van der Waals surface area contributed by atoms with Gasteiger partial charge in [-0.1, -0.05) is 30.7 Å². The van der Waals surface area contributed by atoms with Crippen molar-refractivity contribution in [2.45, 2.75) is 45.1 Å². The largest absolute Gasteiger partial charge is 0.354 e. The molecule has 1 unspecified atom stereocenters. The molecule has 1 saturated heterocycles. The molecule has 3 rings (SSSR count). The normalized spacial score (nSPS) is 17.8. The number of anilines is 2. The molecule has 128 valence electrons. The van der Waals surface area contributed by atoms with E-state index in [4.69, 9.17) is 16.6 Å². The summed E-state index contributed by atoms with van der Waals surface area (Å²) in [5.74, 6) is 1.76. The van der Waals surface area contributed by atoms with Crippen molar-refractivity contribution in [3.63, 3.8) is 0 Å². The topological polar surface area (TPSA) is 41.1 Å². The van der Waals surface area contributed by atoms with Crippen LogP contribution >= 0.6 is 11.6 Å². The molecular formula is C19H25ClN4. The van der Waals surface area contributed by atoms with E-state index in [0.29, 0.717) is 12.0 Å². The second kappa shape index (κ2) is 8.34. The molecule has 0 radical (unpaired) electrons. The molecule has 1 atom stereocenters. The zero-order valence-corrected chi connectivity index (χ0v) is 15.0. The number of benzene rings is 1. The third kappa shape index (κ3) is 4.38. The van der Waals surface area contributed by atoms with Crippen LogP contribution in [0.5, 0.6) is 0 Å². The van der Waals surface area contributed by atoms with Crippen LogP contribution in [0.15, 0.2) is 36.5 Å². The van der Waals surface area contributed by atoms with Crippen LogP contribution in [0.3, 0.4) is 0 Å². The van der Waals surface area contributed by atoms with Crippen LogP contribution < -0.4 is 10.2 Å². The van der Waals surface area contributed by atoms with Crippen molar-refractivity contribution in [3.8, 4) is 0 Å². The summed E-state index contributed by atoms with van der Waals surface area (Å²) < 4.78 is 0. The number of hydrogen-bond acceptors (Lipinski definition) is 4. The van der Waals surface area contributed by atoms with Gasteiger partial charge in [-0.15, -0.1) is 0 Å². The molecule has 1 aliphatic heterocycles. The highest BCUT2D eigenvalue weighted by atomic mass is 35.5. The molecule has 4 nitrogen and oxygen atoms in total. The van der Waals surface area contributed by atoms with Gasteiger partial charge in [-0.25, -0.2) is 4.98 Å². The smallest absolute Gasteiger partial charge is 0.224 e. The minimum absolute atomic E-state index is 0.607. The van der Waals surface area contributed by atoms with Gasteiger partial charge in [-0.05, 0) is 55.9 Å². The molecule has 0 amide bonds. The number of nitrogens with one attached hydrogen (secondary N) is 1. The Morgan fingerprint density at radius 2 is 2.04 bits per heavy atom. The van der Waals surface area contributed by atoms with Gasteiger partial charge in [0.25, 0.3) is 0 Å². The first-order valence-electron chi connectivity index (χ1n) is 8.84. The lowest BCUT2D eigenvalue weighted by atomic mass is 10.0. The summed E-state index contributed by atoms with van der Waals surface area (Å²) in [5.41, 5.74) is 1.25. The Kier molecular flexibility index (Phi) is 5.91. The fraction of sp³-hybridized carbons (Fsp3) is 0.474. The highest BCUT2D eigenvalue weighted by molar-refractivity contribution is 6.30. The highest BCUT2D eigenvalue weighted by Gasteiger charge is 2.22. The minimum Gasteiger partial charge on any atom is -0.354 e. The maximum atomic E-state index is 5.92. The Hall–Kier alpha value is -1.81. The average molecular weight is 345 g/mol. The Morgan fingerprint density at radius 1 is 1.21 bits per heavy atom. The van der Waals surface area contributed by atoms with E-state index in [1.165, 1.54) is 31.2 Å². The summed E-state index contributed by atoms with van der Waals surface area (Å²) >= 11 is 5.92. The molecule has 1 N–H and O–H groups in total. The van der Waals surface area contributed by atoms with Gasteiger partial charge < -0.3 is 10.2 Å². The van der Waals surface area contributed by atoms with Crippen molar-refractivity contribution in [1.29, 1.82) is 0 Å². The fourth-order valence-corrected chi connectivity index (χ4v) is 3.42. The number of halogens is 1. The van der Waals surface area contributed by atoms with Crippen molar-refractivity contribution in [2.24, 2.45) is 0 Å². The van der Waals surface area contributed by atoms with E-state index in [0.717, 1.165) is 30.4 Å². The van der Waals surface area contributed by atoms with Gasteiger partial charge >= 0.3 is 0 Å². The molecule has 0 aliphatic carbocycles. The Bertz CT molecular complexity index is 644. The molecule has 2 heterocycles. The Balaban J connectivity index is 1.59. The van der Waals surface area contributed by atoms with Crippen LogP contribution in [-0.4, -0.2) is 29.1 Å². The van der Waals surface area contributed by atoms with E-state index in [-0.39, 0.29) is 0 Å². The summed E-state index contributed by atoms with van der Waals surface area (Å²) in [7, 11) is 0. The molecule has 0 saturated carbocycles. The van der Waals surface area contributed by atoms with Gasteiger partial charge in [-0.3, -0.25) is 0 Å². The van der Waals surface area contributed by atoms with Crippen LogP contribution in [0, 0.1) is 0 Å². The zero-order valence-electron chi connectivity index (χ0n) is 14.2. The number of nitrogens with zero attached hydrogens (tertiary/aromatic N) is 3. The Labute approximate surface area is 149 Å². The number of hydrogen-bond donors (Lipinski definition) is 1. The van der Waals surface area contributed by atoms with Crippen molar-refractivity contribution in [2.75, 3.05) is 23.3 Å². The second-order valence-corrected chi connectivity index (χ2v) is 6.73. The monoisotopic (exact) mass is 344 g/mol. The van der Waals surface area contributed by atoms with Crippen LogP contribution in [0.4, 0.5) is 11.8 Å². The highest BCUT2D eigenvalue weighted by Crippen LogP contribution is 2.25. The van der Waals surface area contributed by atoms with Crippen molar-refractivity contribution in [1.82, 2.24) is 9.97 Å². The summed E-state index contributed by atoms with van der Waals surface area (Å²) in [5, 5.41) is 4.11. The summed E-state index contributed by atoms with van der Waals surface area (Å²) in [6.07, 6.45) is 7.79. The molecule has 2 aromatic rings. The summed E-state index contributed by atoms with van der Waals surface area (Å²) in [4.78, 5) is 11.5. The lowest BCUT2D eigenvalue weighted by molar-refractivity contribution is 0.447. The first-order chi connectivity index (χ1) is 11.8.